The molecule has 1 heterocycles. The summed E-state index contributed by atoms with van der Waals surface area (Å²) in [6, 6.07) is 12.9. The minimum absolute atomic E-state index is 0.000775. The van der Waals surface area contributed by atoms with Gasteiger partial charge in [-0.1, -0.05) is 24.6 Å². The Hall–Kier alpha value is -2.87. The van der Waals surface area contributed by atoms with E-state index < -0.39 is 15.6 Å². The minimum atomic E-state index is -3.37. The Bertz CT molecular complexity index is 1170. The monoisotopic (exact) mass is 455 g/mol. The maximum absolute atomic E-state index is 13.2. The zero-order valence-corrected chi connectivity index (χ0v) is 19.5. The fourth-order valence-corrected chi connectivity index (χ4v) is 5.13. The van der Waals surface area contributed by atoms with E-state index in [2.05, 4.69) is 10.0 Å². The summed E-state index contributed by atoms with van der Waals surface area (Å²) in [5.41, 5.74) is 2.77. The SMILES string of the molecule is CCS(=O)(=O)Nc1cccc(-c2ccc3c(c2)NC[C@@](C)(C(=O)C2CCC2)N3C(C)=O)c1. The van der Waals surface area contributed by atoms with Gasteiger partial charge in [-0.15, -0.1) is 0 Å². The second-order valence-corrected chi connectivity index (χ2v) is 10.8. The van der Waals surface area contributed by atoms with E-state index in [0.29, 0.717) is 17.9 Å². The van der Waals surface area contributed by atoms with Crippen LogP contribution in [0.15, 0.2) is 42.5 Å². The van der Waals surface area contributed by atoms with E-state index in [1.165, 1.54) is 6.92 Å². The summed E-state index contributed by atoms with van der Waals surface area (Å²) in [5.74, 6) is -0.0120. The molecule has 32 heavy (non-hydrogen) atoms. The Balaban J connectivity index is 1.68. The average Bonchev–Trinajstić information content (AvgIpc) is 2.71. The maximum Gasteiger partial charge on any atom is 0.232 e. The van der Waals surface area contributed by atoms with Gasteiger partial charge < -0.3 is 5.32 Å². The van der Waals surface area contributed by atoms with Crippen molar-refractivity contribution in [3.8, 4) is 11.1 Å². The van der Waals surface area contributed by atoms with Gasteiger partial charge in [0.1, 0.15) is 5.54 Å². The van der Waals surface area contributed by atoms with Crippen molar-refractivity contribution in [1.29, 1.82) is 0 Å². The highest BCUT2D eigenvalue weighted by Gasteiger charge is 2.48. The molecule has 1 fully saturated rings. The molecular formula is C24H29N3O4S. The highest BCUT2D eigenvalue weighted by atomic mass is 32.2. The molecule has 0 bridgehead atoms. The molecule has 1 aliphatic heterocycles. The molecule has 8 heteroatoms. The van der Waals surface area contributed by atoms with Crippen LogP contribution in [-0.2, 0) is 19.6 Å². The Kier molecular flexibility index (Phi) is 5.75. The number of anilines is 3. The molecule has 170 valence electrons. The molecular weight excluding hydrogens is 426 g/mol. The van der Waals surface area contributed by atoms with Crippen molar-refractivity contribution in [1.82, 2.24) is 0 Å². The Morgan fingerprint density at radius 1 is 1.16 bits per heavy atom. The van der Waals surface area contributed by atoms with Crippen LogP contribution in [0.3, 0.4) is 0 Å². The first-order valence-electron chi connectivity index (χ1n) is 11.0. The number of benzene rings is 2. The summed E-state index contributed by atoms with van der Waals surface area (Å²) in [6.45, 7) is 5.29. The van der Waals surface area contributed by atoms with Gasteiger partial charge in [0.25, 0.3) is 0 Å². The van der Waals surface area contributed by atoms with Crippen LogP contribution in [0.25, 0.3) is 11.1 Å². The zero-order valence-electron chi connectivity index (χ0n) is 18.6. The number of fused-ring (bicyclic) bond motifs is 1. The van der Waals surface area contributed by atoms with Crippen molar-refractivity contribution < 1.29 is 18.0 Å². The normalized spacial score (nSPS) is 20.7. The van der Waals surface area contributed by atoms with E-state index in [4.69, 9.17) is 0 Å². The molecule has 0 spiro atoms. The average molecular weight is 456 g/mol. The number of nitrogens with zero attached hydrogens (tertiary/aromatic N) is 1. The van der Waals surface area contributed by atoms with E-state index >= 15 is 0 Å². The topological polar surface area (TPSA) is 95.6 Å². The Morgan fingerprint density at radius 2 is 1.88 bits per heavy atom. The lowest BCUT2D eigenvalue weighted by atomic mass is 9.73. The van der Waals surface area contributed by atoms with E-state index in [-0.39, 0.29) is 23.4 Å². The van der Waals surface area contributed by atoms with E-state index in [1.807, 2.05) is 31.2 Å². The van der Waals surface area contributed by atoms with Crippen LogP contribution in [0.1, 0.15) is 40.0 Å². The number of carbonyl (C=O) groups excluding carboxylic acids is 2. The highest BCUT2D eigenvalue weighted by molar-refractivity contribution is 7.92. The molecule has 0 aromatic heterocycles. The maximum atomic E-state index is 13.2. The summed E-state index contributed by atoms with van der Waals surface area (Å²) in [5, 5.41) is 3.37. The number of nitrogens with one attached hydrogen (secondary N) is 2. The van der Waals surface area contributed by atoms with Crippen molar-refractivity contribution in [2.24, 2.45) is 5.92 Å². The van der Waals surface area contributed by atoms with Crippen LogP contribution in [0.2, 0.25) is 0 Å². The van der Waals surface area contributed by atoms with Crippen LogP contribution in [0, 0.1) is 5.92 Å². The van der Waals surface area contributed by atoms with Crippen LogP contribution < -0.4 is 14.9 Å². The predicted molar refractivity (Wildman–Crippen MR) is 127 cm³/mol. The molecule has 0 saturated heterocycles. The van der Waals surface area contributed by atoms with Gasteiger partial charge in [-0.05, 0) is 62.1 Å². The van der Waals surface area contributed by atoms with Gasteiger partial charge >= 0.3 is 0 Å². The van der Waals surface area contributed by atoms with Gasteiger partial charge in [0.2, 0.25) is 15.9 Å². The van der Waals surface area contributed by atoms with Crippen LogP contribution in [0.4, 0.5) is 17.1 Å². The van der Waals surface area contributed by atoms with Crippen molar-refractivity contribution in [3.63, 3.8) is 0 Å². The number of sulfonamides is 1. The first-order chi connectivity index (χ1) is 15.1. The lowest BCUT2D eigenvalue weighted by Crippen LogP contribution is -2.63. The van der Waals surface area contributed by atoms with Crippen molar-refractivity contribution in [2.75, 3.05) is 27.2 Å². The van der Waals surface area contributed by atoms with Crippen molar-refractivity contribution in [2.45, 2.75) is 45.6 Å². The Morgan fingerprint density at radius 3 is 2.50 bits per heavy atom. The van der Waals surface area contributed by atoms with E-state index in [0.717, 1.165) is 36.1 Å². The van der Waals surface area contributed by atoms with Gasteiger partial charge in [0, 0.05) is 25.1 Å². The van der Waals surface area contributed by atoms with Crippen molar-refractivity contribution >= 4 is 38.8 Å². The molecule has 0 radical (unpaired) electrons. The standard InChI is InChI=1S/C24H29N3O4S/c1-4-32(30,31)26-20-10-6-9-18(13-20)19-11-12-22-21(14-19)25-15-24(3,27(22)16(2)28)23(29)17-7-5-8-17/h6,9-14,17,25-26H,4-5,7-8,15H2,1-3H3/t24-/m0/s1. The first kappa shape index (κ1) is 22.3. The van der Waals surface area contributed by atoms with Gasteiger partial charge in [0.05, 0.1) is 17.1 Å². The third-order valence-corrected chi connectivity index (χ3v) is 7.83. The number of Topliss-reactive ketones (excluding diaryl/α,β-unsaturated/α-hetero) is 1. The van der Waals surface area contributed by atoms with Crippen molar-refractivity contribution in [3.05, 3.63) is 42.5 Å². The number of hydrogen-bond donors (Lipinski definition) is 2. The molecule has 7 nitrogen and oxygen atoms in total. The molecule has 2 aromatic rings. The largest absolute Gasteiger partial charge is 0.381 e. The summed E-state index contributed by atoms with van der Waals surface area (Å²) in [4.78, 5) is 27.5. The Labute approximate surface area is 189 Å². The molecule has 1 aliphatic carbocycles. The fourth-order valence-electron chi connectivity index (χ4n) is 4.50. The van der Waals surface area contributed by atoms with E-state index in [9.17, 15) is 18.0 Å². The summed E-state index contributed by atoms with van der Waals surface area (Å²) in [7, 11) is -3.37. The second-order valence-electron chi connectivity index (χ2n) is 8.79. The van der Waals surface area contributed by atoms with Gasteiger partial charge in [-0.25, -0.2) is 8.42 Å². The molecule has 1 saturated carbocycles. The molecule has 1 atom stereocenters. The van der Waals surface area contributed by atoms with Crippen LogP contribution >= 0.6 is 0 Å². The molecule has 2 aromatic carbocycles. The second kappa shape index (κ2) is 8.24. The summed E-state index contributed by atoms with van der Waals surface area (Å²) < 4.78 is 26.4. The smallest absolute Gasteiger partial charge is 0.232 e. The first-order valence-corrected chi connectivity index (χ1v) is 12.6. The van der Waals surface area contributed by atoms with Crippen LogP contribution in [0.5, 0.6) is 0 Å². The number of ketones is 1. The molecule has 2 aliphatic rings. The predicted octanol–water partition coefficient (Wildman–Crippen LogP) is 4.02. The zero-order chi connectivity index (χ0) is 23.1. The highest BCUT2D eigenvalue weighted by Crippen LogP contribution is 2.42. The third-order valence-electron chi connectivity index (χ3n) is 6.53. The molecule has 4 rings (SSSR count). The summed E-state index contributed by atoms with van der Waals surface area (Å²) in [6.07, 6.45) is 2.85. The van der Waals surface area contributed by atoms with Gasteiger partial charge in [-0.2, -0.15) is 0 Å². The van der Waals surface area contributed by atoms with Gasteiger partial charge in [0.15, 0.2) is 5.78 Å². The van der Waals surface area contributed by atoms with E-state index in [1.54, 1.807) is 30.0 Å². The van der Waals surface area contributed by atoms with Gasteiger partial charge in [-0.3, -0.25) is 19.2 Å². The minimum Gasteiger partial charge on any atom is -0.381 e. The molecule has 2 N–H and O–H groups in total. The quantitative estimate of drug-likeness (QED) is 0.686. The lowest BCUT2D eigenvalue weighted by molar-refractivity contribution is -0.132. The number of rotatable bonds is 6. The summed E-state index contributed by atoms with van der Waals surface area (Å²) >= 11 is 0. The number of carbonyl (C=O) groups is 2. The third kappa shape index (κ3) is 3.99. The number of hydrogen-bond acceptors (Lipinski definition) is 5. The number of amides is 1. The molecule has 0 unspecified atom stereocenters. The lowest BCUT2D eigenvalue weighted by Gasteiger charge is -2.47. The van der Waals surface area contributed by atoms with Crippen LogP contribution in [-0.4, -0.2) is 37.9 Å². The fraction of sp³-hybridized carbons (Fsp3) is 0.417. The molecule has 1 amide bonds.